The molecule has 0 aliphatic carbocycles. The Kier molecular flexibility index (Phi) is 4.76. The molecule has 19 heavy (non-hydrogen) atoms. The Morgan fingerprint density at radius 1 is 1.21 bits per heavy atom. The van der Waals surface area contributed by atoms with Gasteiger partial charge in [0.15, 0.2) is 11.0 Å². The summed E-state index contributed by atoms with van der Waals surface area (Å²) >= 11 is 11.5. The average Bonchev–Trinajstić information content (AvgIpc) is 2.43. The van der Waals surface area contributed by atoms with Gasteiger partial charge in [-0.15, -0.1) is 10.2 Å². The van der Waals surface area contributed by atoms with Gasteiger partial charge in [-0.05, 0) is 29.7 Å². The molecule has 0 bridgehead atoms. The minimum absolute atomic E-state index is 0.0594. The van der Waals surface area contributed by atoms with Gasteiger partial charge in [0.2, 0.25) is 5.28 Å². The van der Waals surface area contributed by atoms with E-state index in [2.05, 4.69) is 20.5 Å². The van der Waals surface area contributed by atoms with Gasteiger partial charge in [0.1, 0.15) is 5.75 Å². The van der Waals surface area contributed by atoms with Gasteiger partial charge in [0, 0.05) is 6.54 Å². The molecular formula is C12H12Cl2N4O. The van der Waals surface area contributed by atoms with Crippen molar-refractivity contribution in [3.8, 4) is 5.75 Å². The third-order valence-electron chi connectivity index (χ3n) is 2.50. The number of nitrogens with one attached hydrogen (secondary N) is 1. The highest BCUT2D eigenvalue weighted by molar-refractivity contribution is 6.32. The molecule has 0 atom stereocenters. The zero-order valence-corrected chi connectivity index (χ0v) is 11.7. The number of methoxy groups -OCH3 is 1. The van der Waals surface area contributed by atoms with Crippen LogP contribution in [0.2, 0.25) is 10.4 Å². The summed E-state index contributed by atoms with van der Waals surface area (Å²) in [4.78, 5) is 3.96. The summed E-state index contributed by atoms with van der Waals surface area (Å²) in [6.45, 7) is 0.634. The second-order valence-corrected chi connectivity index (χ2v) is 4.40. The second kappa shape index (κ2) is 6.54. The number of ether oxygens (including phenoxy) is 1. The highest BCUT2D eigenvalue weighted by Gasteiger charge is 2.06. The van der Waals surface area contributed by atoms with Gasteiger partial charge in [-0.3, -0.25) is 0 Å². The smallest absolute Gasteiger partial charge is 0.245 e. The van der Waals surface area contributed by atoms with Gasteiger partial charge >= 0.3 is 0 Å². The van der Waals surface area contributed by atoms with Crippen molar-refractivity contribution in [1.82, 2.24) is 15.2 Å². The normalized spacial score (nSPS) is 10.3. The van der Waals surface area contributed by atoms with Gasteiger partial charge in [-0.1, -0.05) is 29.8 Å². The molecule has 0 amide bonds. The fourth-order valence-corrected chi connectivity index (χ4v) is 1.90. The minimum Gasteiger partial charge on any atom is -0.496 e. The van der Waals surface area contributed by atoms with Crippen LogP contribution < -0.4 is 10.1 Å². The van der Waals surface area contributed by atoms with Gasteiger partial charge in [0.05, 0.1) is 7.11 Å². The SMILES string of the molecule is COc1ccccc1CCNc1nc(Cl)nnc1Cl. The van der Waals surface area contributed by atoms with E-state index in [1.807, 2.05) is 24.3 Å². The molecule has 0 aliphatic heterocycles. The molecule has 100 valence electrons. The molecule has 1 N–H and O–H groups in total. The van der Waals surface area contributed by atoms with E-state index < -0.39 is 0 Å². The van der Waals surface area contributed by atoms with E-state index in [4.69, 9.17) is 27.9 Å². The largest absolute Gasteiger partial charge is 0.496 e. The van der Waals surface area contributed by atoms with Crippen molar-refractivity contribution in [3.63, 3.8) is 0 Å². The van der Waals surface area contributed by atoms with E-state index in [0.29, 0.717) is 12.4 Å². The van der Waals surface area contributed by atoms with Crippen molar-refractivity contribution in [2.75, 3.05) is 19.0 Å². The molecule has 0 spiro atoms. The van der Waals surface area contributed by atoms with Crippen molar-refractivity contribution in [2.45, 2.75) is 6.42 Å². The molecule has 5 nitrogen and oxygen atoms in total. The van der Waals surface area contributed by atoms with Crippen molar-refractivity contribution >= 4 is 29.0 Å². The first-order chi connectivity index (χ1) is 9.20. The van der Waals surface area contributed by atoms with Crippen LogP contribution in [0.1, 0.15) is 5.56 Å². The lowest BCUT2D eigenvalue weighted by atomic mass is 10.1. The lowest BCUT2D eigenvalue weighted by molar-refractivity contribution is 0.410. The van der Waals surface area contributed by atoms with Crippen molar-refractivity contribution in [2.24, 2.45) is 0 Å². The first kappa shape index (κ1) is 13.8. The van der Waals surface area contributed by atoms with Crippen LogP contribution in [0.5, 0.6) is 5.75 Å². The molecule has 0 radical (unpaired) electrons. The van der Waals surface area contributed by atoms with Gasteiger partial charge in [0.25, 0.3) is 0 Å². The molecule has 2 aromatic rings. The quantitative estimate of drug-likeness (QED) is 0.920. The molecular weight excluding hydrogens is 287 g/mol. The fraction of sp³-hybridized carbons (Fsp3) is 0.250. The van der Waals surface area contributed by atoms with Crippen LogP contribution in [0.15, 0.2) is 24.3 Å². The second-order valence-electron chi connectivity index (χ2n) is 3.71. The molecule has 1 heterocycles. The lowest BCUT2D eigenvalue weighted by Gasteiger charge is -2.09. The highest BCUT2D eigenvalue weighted by atomic mass is 35.5. The van der Waals surface area contributed by atoms with Crippen LogP contribution in [0.3, 0.4) is 0 Å². The van der Waals surface area contributed by atoms with Crippen LogP contribution in [0.25, 0.3) is 0 Å². The standard InChI is InChI=1S/C12H12Cl2N4O/c1-19-9-5-3-2-4-8(9)6-7-15-11-10(13)17-18-12(14)16-11/h2-5H,6-7H2,1H3,(H,15,16,18). The maximum Gasteiger partial charge on any atom is 0.245 e. The van der Waals surface area contributed by atoms with E-state index in [0.717, 1.165) is 17.7 Å². The summed E-state index contributed by atoms with van der Waals surface area (Å²) in [5, 5.41) is 10.5. The van der Waals surface area contributed by atoms with Crippen LogP contribution in [-0.2, 0) is 6.42 Å². The lowest BCUT2D eigenvalue weighted by Crippen LogP contribution is -2.09. The Hall–Kier alpha value is -1.59. The summed E-state index contributed by atoms with van der Waals surface area (Å²) in [6.07, 6.45) is 0.766. The Morgan fingerprint density at radius 2 is 2.00 bits per heavy atom. The number of hydrogen-bond donors (Lipinski definition) is 1. The number of aromatic nitrogens is 3. The number of nitrogens with zero attached hydrogens (tertiary/aromatic N) is 3. The van der Waals surface area contributed by atoms with Gasteiger partial charge < -0.3 is 10.1 Å². The Labute approximate surface area is 120 Å². The van der Waals surface area contributed by atoms with Gasteiger partial charge in [-0.25, -0.2) is 0 Å². The summed E-state index contributed by atoms with van der Waals surface area (Å²) in [5.41, 5.74) is 1.10. The van der Waals surface area contributed by atoms with E-state index in [-0.39, 0.29) is 10.4 Å². The van der Waals surface area contributed by atoms with E-state index in [1.165, 1.54) is 0 Å². The maximum atomic E-state index is 5.85. The van der Waals surface area contributed by atoms with Crippen LogP contribution >= 0.6 is 23.2 Å². The predicted octanol–water partition coefficient (Wildman–Crippen LogP) is 2.84. The summed E-state index contributed by atoms with van der Waals surface area (Å²) in [5.74, 6) is 1.28. The third kappa shape index (κ3) is 3.68. The van der Waals surface area contributed by atoms with Gasteiger partial charge in [-0.2, -0.15) is 4.98 Å². The maximum absolute atomic E-state index is 5.85. The molecule has 1 aromatic carbocycles. The summed E-state index contributed by atoms with van der Waals surface area (Å²) < 4.78 is 5.28. The number of rotatable bonds is 5. The van der Waals surface area contributed by atoms with Crippen molar-refractivity contribution in [3.05, 3.63) is 40.3 Å². The van der Waals surface area contributed by atoms with Crippen molar-refractivity contribution in [1.29, 1.82) is 0 Å². The predicted molar refractivity (Wildman–Crippen MR) is 75.0 cm³/mol. The van der Waals surface area contributed by atoms with Crippen LogP contribution in [0.4, 0.5) is 5.82 Å². The van der Waals surface area contributed by atoms with E-state index >= 15 is 0 Å². The Morgan fingerprint density at radius 3 is 2.79 bits per heavy atom. The fourth-order valence-electron chi connectivity index (χ4n) is 1.63. The molecule has 0 saturated carbocycles. The summed E-state index contributed by atoms with van der Waals surface area (Å²) in [7, 11) is 1.65. The Balaban J connectivity index is 1.98. The van der Waals surface area contributed by atoms with Crippen LogP contribution in [-0.4, -0.2) is 28.8 Å². The zero-order valence-electron chi connectivity index (χ0n) is 10.2. The highest BCUT2D eigenvalue weighted by Crippen LogP contribution is 2.19. The monoisotopic (exact) mass is 298 g/mol. The Bertz CT molecular complexity index is 565. The number of hydrogen-bond acceptors (Lipinski definition) is 5. The summed E-state index contributed by atoms with van der Waals surface area (Å²) in [6, 6.07) is 7.83. The molecule has 0 unspecified atom stereocenters. The molecule has 1 aromatic heterocycles. The zero-order chi connectivity index (χ0) is 13.7. The number of halogens is 2. The topological polar surface area (TPSA) is 59.9 Å². The first-order valence-corrected chi connectivity index (χ1v) is 6.38. The number of benzene rings is 1. The molecule has 0 aliphatic rings. The molecule has 2 rings (SSSR count). The number of para-hydroxylation sites is 1. The molecule has 0 saturated heterocycles. The average molecular weight is 299 g/mol. The van der Waals surface area contributed by atoms with Crippen molar-refractivity contribution < 1.29 is 4.74 Å². The van der Waals surface area contributed by atoms with Crippen LogP contribution in [0, 0.1) is 0 Å². The van der Waals surface area contributed by atoms with E-state index in [9.17, 15) is 0 Å². The molecule has 7 heteroatoms. The number of anilines is 1. The minimum atomic E-state index is 0.0594. The first-order valence-electron chi connectivity index (χ1n) is 5.62. The third-order valence-corrected chi connectivity index (χ3v) is 2.91. The van der Waals surface area contributed by atoms with E-state index in [1.54, 1.807) is 7.11 Å². The molecule has 0 fully saturated rings.